The third kappa shape index (κ3) is 5.24. The van der Waals surface area contributed by atoms with Gasteiger partial charge in [0.15, 0.2) is 17.2 Å². The molecule has 17 nitrogen and oxygen atoms in total. The Bertz CT molecular complexity index is 1210. The van der Waals surface area contributed by atoms with Gasteiger partial charge in [-0.3, -0.25) is 9.36 Å². The highest BCUT2D eigenvalue weighted by molar-refractivity contribution is 7.60. The van der Waals surface area contributed by atoms with Gasteiger partial charge in [-0.2, -0.15) is 9.29 Å². The van der Waals surface area contributed by atoms with E-state index in [0.29, 0.717) is 0 Å². The highest BCUT2D eigenvalue weighted by atomic mass is 35.5. The van der Waals surface area contributed by atoms with E-state index in [1.807, 2.05) is 0 Å². The van der Waals surface area contributed by atoms with Gasteiger partial charge in [-0.05, 0) is 6.92 Å². The summed E-state index contributed by atoms with van der Waals surface area (Å²) in [7, 11) is -11.1. The standard InChI is InChI=1S/C14H17ClN4O13P2/c1-2-3-13(15)7(20)6(30-10(13)19-5-17-11(16)18-12(19)22)4-29-9-8(21)14(9,23)31-34(27,28)32-33(24,25)26/h5-7,9-10,20,23H,4H2,1H3,(H,27,28)(H2,16,18,22)(H2,24,25,26)/t6-,7?,9?,10-,13?,14?/m1/s1. The molecule has 1 saturated heterocycles. The van der Waals surface area contributed by atoms with Crippen molar-refractivity contribution in [1.29, 1.82) is 0 Å². The number of nitrogen functional groups attached to an aromatic ring is 1. The zero-order valence-electron chi connectivity index (χ0n) is 16.8. The second-order valence-electron chi connectivity index (χ2n) is 6.93. The molecule has 0 radical (unpaired) electrons. The fraction of sp³-hybridized carbons (Fsp3) is 0.571. The number of ether oxygens (including phenoxy) is 2. The molecule has 2 aliphatic rings. The topological polar surface area (TPSA) is 263 Å². The van der Waals surface area contributed by atoms with Crippen LogP contribution in [0.25, 0.3) is 0 Å². The van der Waals surface area contributed by atoms with E-state index in [2.05, 4.69) is 30.6 Å². The maximum absolute atomic E-state index is 12.2. The third-order valence-electron chi connectivity index (χ3n) is 4.51. The summed E-state index contributed by atoms with van der Waals surface area (Å²) in [5, 5.41) is 20.7. The molecule has 2 heterocycles. The van der Waals surface area contributed by atoms with Crippen LogP contribution >= 0.6 is 27.2 Å². The van der Waals surface area contributed by atoms with Crippen molar-refractivity contribution in [2.75, 3.05) is 12.3 Å². The quantitative estimate of drug-likeness (QED) is 0.0841. The van der Waals surface area contributed by atoms with Gasteiger partial charge in [0.1, 0.15) is 18.5 Å². The van der Waals surface area contributed by atoms with E-state index >= 15 is 0 Å². The van der Waals surface area contributed by atoms with Crippen molar-refractivity contribution >= 4 is 39.0 Å². The van der Waals surface area contributed by atoms with E-state index in [1.54, 1.807) is 0 Å². The summed E-state index contributed by atoms with van der Waals surface area (Å²) in [6, 6.07) is 0. The molecule has 3 rings (SSSR count). The molecule has 1 aromatic rings. The van der Waals surface area contributed by atoms with Gasteiger partial charge in [-0.15, -0.1) is 5.92 Å². The van der Waals surface area contributed by atoms with Crippen molar-refractivity contribution in [2.45, 2.75) is 42.1 Å². The smallest absolute Gasteiger partial charge is 0.387 e. The molecule has 1 aromatic heterocycles. The Hall–Kier alpha value is -1.77. The minimum atomic E-state index is -5.59. The first-order valence-electron chi connectivity index (χ1n) is 8.90. The summed E-state index contributed by atoms with van der Waals surface area (Å²) < 4.78 is 41.4. The Morgan fingerprint density at radius 2 is 2.00 bits per heavy atom. The van der Waals surface area contributed by atoms with Crippen LogP contribution in [-0.2, 0) is 32.2 Å². The average molecular weight is 547 g/mol. The average Bonchev–Trinajstić information content (AvgIpc) is 3.06. The molecule has 20 heteroatoms. The van der Waals surface area contributed by atoms with E-state index < -0.39 is 68.9 Å². The predicted molar refractivity (Wildman–Crippen MR) is 106 cm³/mol. The lowest BCUT2D eigenvalue weighted by atomic mass is 9.99. The molecule has 2 fully saturated rings. The van der Waals surface area contributed by atoms with Crippen LogP contribution in [0.4, 0.5) is 5.95 Å². The van der Waals surface area contributed by atoms with Gasteiger partial charge in [0.05, 0.1) is 6.61 Å². The van der Waals surface area contributed by atoms with Gasteiger partial charge in [0, 0.05) is 0 Å². The van der Waals surface area contributed by atoms with Gasteiger partial charge < -0.3 is 40.1 Å². The third-order valence-corrected chi connectivity index (χ3v) is 7.21. The maximum Gasteiger partial charge on any atom is 0.484 e. The number of phosphoric ester groups is 1. The number of aliphatic hydroxyl groups is 2. The second-order valence-corrected chi connectivity index (χ2v) is 10.3. The van der Waals surface area contributed by atoms with E-state index in [0.717, 1.165) is 10.9 Å². The number of nitrogens with zero attached hydrogens (tertiary/aromatic N) is 3. The summed E-state index contributed by atoms with van der Waals surface area (Å²) >= 11 is 6.44. The van der Waals surface area contributed by atoms with Crippen LogP contribution in [0.15, 0.2) is 11.1 Å². The molecule has 34 heavy (non-hydrogen) atoms. The lowest BCUT2D eigenvalue weighted by molar-refractivity contribution is -0.136. The summed E-state index contributed by atoms with van der Waals surface area (Å²) in [6.07, 6.45) is -5.46. The molecule has 0 aromatic carbocycles. The van der Waals surface area contributed by atoms with Crippen molar-refractivity contribution in [1.82, 2.24) is 14.5 Å². The minimum absolute atomic E-state index is 0.336. The van der Waals surface area contributed by atoms with Crippen LogP contribution in [0, 0.1) is 11.8 Å². The first-order chi connectivity index (χ1) is 15.5. The number of anilines is 1. The lowest BCUT2D eigenvalue weighted by Crippen LogP contribution is -2.44. The molecule has 7 N–H and O–H groups in total. The van der Waals surface area contributed by atoms with Crippen molar-refractivity contribution in [2.24, 2.45) is 0 Å². The first kappa shape index (κ1) is 26.8. The number of Topliss-reactive ketones (excluding diaryl/α,β-unsaturated/α-hetero) is 1. The van der Waals surface area contributed by atoms with Crippen molar-refractivity contribution in [3.05, 3.63) is 16.8 Å². The number of aliphatic hydroxyl groups excluding tert-OH is 1. The van der Waals surface area contributed by atoms with Crippen molar-refractivity contribution < 1.29 is 57.1 Å². The maximum atomic E-state index is 12.2. The van der Waals surface area contributed by atoms with E-state index in [4.69, 9.17) is 36.6 Å². The molecule has 1 aliphatic carbocycles. The van der Waals surface area contributed by atoms with Crippen LogP contribution in [0.2, 0.25) is 0 Å². The van der Waals surface area contributed by atoms with Crippen LogP contribution in [0.5, 0.6) is 0 Å². The zero-order valence-corrected chi connectivity index (χ0v) is 19.3. The summed E-state index contributed by atoms with van der Waals surface area (Å²) in [4.78, 5) is 55.7. The fourth-order valence-corrected chi connectivity index (χ4v) is 5.18. The number of ketones is 1. The number of aromatic nitrogens is 3. The Morgan fingerprint density at radius 1 is 1.35 bits per heavy atom. The Morgan fingerprint density at radius 3 is 2.56 bits per heavy atom. The molecule has 1 aliphatic heterocycles. The van der Waals surface area contributed by atoms with Crippen LogP contribution in [0.3, 0.4) is 0 Å². The number of phosphoric acid groups is 2. The summed E-state index contributed by atoms with van der Waals surface area (Å²) in [5.41, 5.74) is 4.41. The Balaban J connectivity index is 1.74. The highest BCUT2D eigenvalue weighted by Crippen LogP contribution is 2.61. The normalized spacial score (nSPS) is 34.9. The number of hydrogen-bond acceptors (Lipinski definition) is 13. The molecular weight excluding hydrogens is 530 g/mol. The second kappa shape index (κ2) is 9.03. The summed E-state index contributed by atoms with van der Waals surface area (Å²) in [6.45, 7) is 0.701. The molecule has 5 unspecified atom stereocenters. The number of alkyl halides is 1. The number of halogens is 1. The van der Waals surface area contributed by atoms with Gasteiger partial charge in [0.2, 0.25) is 11.7 Å². The number of carbonyl (C=O) groups excluding carboxylic acids is 1. The van der Waals surface area contributed by atoms with Crippen LogP contribution < -0.4 is 11.4 Å². The van der Waals surface area contributed by atoms with E-state index in [-0.39, 0.29) is 5.95 Å². The molecule has 0 spiro atoms. The monoisotopic (exact) mass is 546 g/mol. The predicted octanol–water partition coefficient (Wildman–Crippen LogP) is -2.64. The van der Waals surface area contributed by atoms with Gasteiger partial charge in [-0.1, -0.05) is 17.5 Å². The molecule has 188 valence electrons. The largest absolute Gasteiger partial charge is 0.484 e. The zero-order chi connectivity index (χ0) is 25.7. The SMILES string of the molecule is CC#CC1(Cl)C(O)[C@@H](COC2C(=O)C2(O)OP(=O)(O)OP(=O)(O)O)O[C@H]1n1cnc(N)nc1=O. The van der Waals surface area contributed by atoms with Crippen molar-refractivity contribution in [3.8, 4) is 11.8 Å². The Kier molecular flexibility index (Phi) is 7.12. The van der Waals surface area contributed by atoms with E-state index in [1.165, 1.54) is 6.92 Å². The minimum Gasteiger partial charge on any atom is -0.387 e. The van der Waals surface area contributed by atoms with Crippen LogP contribution in [-0.4, -0.2) is 80.8 Å². The highest BCUT2D eigenvalue weighted by Gasteiger charge is 2.72. The fourth-order valence-electron chi connectivity index (χ4n) is 3.05. The molecule has 0 amide bonds. The number of rotatable bonds is 8. The van der Waals surface area contributed by atoms with Gasteiger partial charge in [-0.25, -0.2) is 23.4 Å². The molecule has 7 atom stereocenters. The molecule has 0 bridgehead atoms. The summed E-state index contributed by atoms with van der Waals surface area (Å²) in [5.74, 6) is 0.277. The van der Waals surface area contributed by atoms with Crippen molar-refractivity contribution in [3.63, 3.8) is 0 Å². The van der Waals surface area contributed by atoms with Gasteiger partial charge >= 0.3 is 21.3 Å². The molecule has 1 saturated carbocycles. The van der Waals surface area contributed by atoms with Crippen LogP contribution in [0.1, 0.15) is 13.2 Å². The molecular formula is C14H17ClN4O13P2. The number of hydrogen-bond donors (Lipinski definition) is 6. The number of carbonyl (C=O) groups is 1. The van der Waals surface area contributed by atoms with E-state index in [9.17, 15) is 33.8 Å². The number of nitrogens with two attached hydrogens (primary N) is 1. The first-order valence-corrected chi connectivity index (χ1v) is 12.3. The van der Waals surface area contributed by atoms with Gasteiger partial charge in [0.25, 0.3) is 5.79 Å². The lowest BCUT2D eigenvalue weighted by Gasteiger charge is -2.25. The Labute approximate surface area is 194 Å².